The maximum absolute atomic E-state index is 12.9. The van der Waals surface area contributed by atoms with E-state index < -0.39 is 0 Å². The number of fused-ring (bicyclic) bond motifs is 1. The lowest BCUT2D eigenvalue weighted by Crippen LogP contribution is -2.28. The second kappa shape index (κ2) is 8.08. The lowest BCUT2D eigenvalue weighted by atomic mass is 10.1. The Morgan fingerprint density at radius 1 is 1.17 bits per heavy atom. The molecule has 0 aromatic heterocycles. The summed E-state index contributed by atoms with van der Waals surface area (Å²) in [4.78, 5) is 19.8. The Morgan fingerprint density at radius 3 is 2.66 bits per heavy atom. The van der Waals surface area contributed by atoms with E-state index in [1.54, 1.807) is 19.1 Å². The smallest absolute Gasteiger partial charge is 0.266 e. The highest BCUT2D eigenvalue weighted by atomic mass is 32.2. The van der Waals surface area contributed by atoms with Crippen molar-refractivity contribution in [3.8, 4) is 23.0 Å². The van der Waals surface area contributed by atoms with Crippen LogP contribution in [0, 0.1) is 0 Å². The Balaban J connectivity index is 1.65. The van der Waals surface area contributed by atoms with E-state index in [0.29, 0.717) is 33.9 Å². The lowest BCUT2D eigenvalue weighted by Gasteiger charge is -2.12. The number of hydrogen-bond donors (Lipinski definition) is 0. The molecule has 150 valence electrons. The molecule has 1 fully saturated rings. The van der Waals surface area contributed by atoms with Crippen LogP contribution in [0.5, 0.6) is 23.0 Å². The topological polar surface area (TPSA) is 69.6 Å². The van der Waals surface area contributed by atoms with E-state index in [4.69, 9.17) is 18.9 Å². The van der Waals surface area contributed by atoms with Gasteiger partial charge < -0.3 is 18.9 Å². The molecule has 0 saturated carbocycles. The lowest BCUT2D eigenvalue weighted by molar-refractivity contribution is -0.122. The SMILES string of the molecule is CCN1C(=O)/C(=C\c2cc(OC)c3c(c2)OCO3)SC1=Nc1ccc(OC)cc1. The first-order valence-corrected chi connectivity index (χ1v) is 9.86. The Hall–Kier alpha value is -3.13. The molecule has 4 rings (SSSR count). The van der Waals surface area contributed by atoms with Crippen LogP contribution in [0.3, 0.4) is 0 Å². The van der Waals surface area contributed by atoms with Crippen LogP contribution in [0.15, 0.2) is 46.3 Å². The van der Waals surface area contributed by atoms with Crippen molar-refractivity contribution < 1.29 is 23.7 Å². The second-order valence-electron chi connectivity index (χ2n) is 6.21. The fourth-order valence-corrected chi connectivity index (χ4v) is 4.08. The molecule has 1 saturated heterocycles. The van der Waals surface area contributed by atoms with Crippen LogP contribution in [-0.2, 0) is 4.79 Å². The van der Waals surface area contributed by atoms with E-state index in [1.165, 1.54) is 11.8 Å². The molecule has 0 unspecified atom stereocenters. The number of amides is 1. The zero-order valence-electron chi connectivity index (χ0n) is 16.3. The van der Waals surface area contributed by atoms with Gasteiger partial charge in [-0.05, 0) is 66.7 Å². The number of carbonyl (C=O) groups is 1. The van der Waals surface area contributed by atoms with Crippen molar-refractivity contribution in [2.75, 3.05) is 27.6 Å². The fourth-order valence-electron chi connectivity index (χ4n) is 3.02. The van der Waals surface area contributed by atoms with Gasteiger partial charge in [-0.15, -0.1) is 0 Å². The van der Waals surface area contributed by atoms with Crippen molar-refractivity contribution in [2.24, 2.45) is 4.99 Å². The number of amidine groups is 1. The molecule has 0 aliphatic carbocycles. The molecule has 0 spiro atoms. The summed E-state index contributed by atoms with van der Waals surface area (Å²) >= 11 is 1.34. The molecule has 0 bridgehead atoms. The summed E-state index contributed by atoms with van der Waals surface area (Å²) in [6, 6.07) is 11.0. The molecule has 0 N–H and O–H groups in total. The molecule has 0 radical (unpaired) electrons. The summed E-state index contributed by atoms with van der Waals surface area (Å²) in [7, 11) is 3.19. The Bertz CT molecular complexity index is 1000. The molecule has 0 atom stereocenters. The van der Waals surface area contributed by atoms with E-state index in [0.717, 1.165) is 17.0 Å². The Morgan fingerprint density at radius 2 is 1.97 bits per heavy atom. The summed E-state index contributed by atoms with van der Waals surface area (Å²) in [5.41, 5.74) is 1.55. The molecule has 7 nitrogen and oxygen atoms in total. The zero-order chi connectivity index (χ0) is 20.4. The molecule has 29 heavy (non-hydrogen) atoms. The van der Waals surface area contributed by atoms with Gasteiger partial charge in [-0.25, -0.2) is 4.99 Å². The van der Waals surface area contributed by atoms with Gasteiger partial charge in [0.2, 0.25) is 12.5 Å². The van der Waals surface area contributed by atoms with Gasteiger partial charge in [-0.1, -0.05) is 0 Å². The van der Waals surface area contributed by atoms with Gasteiger partial charge >= 0.3 is 0 Å². The second-order valence-corrected chi connectivity index (χ2v) is 7.22. The Labute approximate surface area is 172 Å². The molecular weight excluding hydrogens is 392 g/mol. The van der Waals surface area contributed by atoms with E-state index >= 15 is 0 Å². The van der Waals surface area contributed by atoms with Gasteiger partial charge in [-0.2, -0.15) is 0 Å². The van der Waals surface area contributed by atoms with Gasteiger partial charge in [0.15, 0.2) is 16.7 Å². The average Bonchev–Trinajstić information content (AvgIpc) is 3.32. The normalized spacial score (nSPS) is 18.0. The van der Waals surface area contributed by atoms with Crippen molar-refractivity contribution >= 4 is 34.6 Å². The number of hydrogen-bond acceptors (Lipinski definition) is 7. The maximum Gasteiger partial charge on any atom is 0.266 e. The first kappa shape index (κ1) is 19.2. The molecule has 1 amide bonds. The predicted molar refractivity (Wildman–Crippen MR) is 112 cm³/mol. The molecule has 2 aromatic carbocycles. The van der Waals surface area contributed by atoms with Gasteiger partial charge in [0.1, 0.15) is 5.75 Å². The first-order chi connectivity index (χ1) is 14.1. The minimum Gasteiger partial charge on any atom is -0.497 e. The highest BCUT2D eigenvalue weighted by molar-refractivity contribution is 8.18. The third kappa shape index (κ3) is 3.75. The van der Waals surface area contributed by atoms with E-state index in [1.807, 2.05) is 49.4 Å². The van der Waals surface area contributed by atoms with Crippen LogP contribution in [-0.4, -0.2) is 43.5 Å². The van der Waals surface area contributed by atoms with Crippen molar-refractivity contribution in [3.63, 3.8) is 0 Å². The van der Waals surface area contributed by atoms with Crippen LogP contribution < -0.4 is 18.9 Å². The summed E-state index contributed by atoms with van der Waals surface area (Å²) in [6.07, 6.45) is 1.82. The number of rotatable bonds is 5. The minimum absolute atomic E-state index is 0.0820. The van der Waals surface area contributed by atoms with Gasteiger partial charge in [0.25, 0.3) is 5.91 Å². The van der Waals surface area contributed by atoms with Crippen LogP contribution >= 0.6 is 11.8 Å². The Kier molecular flexibility index (Phi) is 5.35. The molecule has 2 aromatic rings. The van der Waals surface area contributed by atoms with E-state index in [9.17, 15) is 4.79 Å². The largest absolute Gasteiger partial charge is 0.497 e. The number of aliphatic imine (C=N–C) groups is 1. The van der Waals surface area contributed by atoms with Crippen molar-refractivity contribution in [1.29, 1.82) is 0 Å². The van der Waals surface area contributed by atoms with E-state index in [2.05, 4.69) is 4.99 Å². The van der Waals surface area contributed by atoms with Crippen LogP contribution in [0.2, 0.25) is 0 Å². The summed E-state index contributed by atoms with van der Waals surface area (Å²) in [5.74, 6) is 2.43. The first-order valence-electron chi connectivity index (χ1n) is 9.04. The molecule has 2 heterocycles. The predicted octanol–water partition coefficient (Wildman–Crippen LogP) is 4.06. The number of ether oxygens (including phenoxy) is 4. The number of nitrogens with zero attached hydrogens (tertiary/aromatic N) is 2. The highest BCUT2D eigenvalue weighted by Crippen LogP contribution is 2.43. The zero-order valence-corrected chi connectivity index (χ0v) is 17.1. The monoisotopic (exact) mass is 412 g/mol. The van der Waals surface area contributed by atoms with Gasteiger partial charge in [0, 0.05) is 6.54 Å². The molecule has 8 heteroatoms. The number of likely N-dealkylation sites (N-methyl/N-ethyl adjacent to an activating group) is 1. The molecular formula is C21H20N2O5S. The number of thioether (sulfide) groups is 1. The number of methoxy groups -OCH3 is 2. The molecule has 2 aliphatic rings. The van der Waals surface area contributed by atoms with Crippen LogP contribution in [0.4, 0.5) is 5.69 Å². The van der Waals surface area contributed by atoms with E-state index in [-0.39, 0.29) is 12.7 Å². The fraction of sp³-hybridized carbons (Fsp3) is 0.238. The van der Waals surface area contributed by atoms with Gasteiger partial charge in [-0.3, -0.25) is 9.69 Å². The standard InChI is InChI=1S/C21H20N2O5S/c1-4-23-20(24)18(29-21(23)22-14-5-7-15(25-2)8-6-14)11-13-9-16(26-3)19-17(10-13)27-12-28-19/h5-11H,4,12H2,1-3H3/b18-11+,22-21?. The van der Waals surface area contributed by atoms with Crippen LogP contribution in [0.25, 0.3) is 6.08 Å². The molecule has 2 aliphatic heterocycles. The third-order valence-corrected chi connectivity index (χ3v) is 5.49. The van der Waals surface area contributed by atoms with Crippen molar-refractivity contribution in [3.05, 3.63) is 46.9 Å². The quantitative estimate of drug-likeness (QED) is 0.690. The van der Waals surface area contributed by atoms with Crippen molar-refractivity contribution in [1.82, 2.24) is 4.90 Å². The van der Waals surface area contributed by atoms with Crippen LogP contribution in [0.1, 0.15) is 12.5 Å². The summed E-state index contributed by atoms with van der Waals surface area (Å²) < 4.78 is 21.4. The van der Waals surface area contributed by atoms with Crippen molar-refractivity contribution in [2.45, 2.75) is 6.92 Å². The summed E-state index contributed by atoms with van der Waals surface area (Å²) in [5, 5.41) is 0.640. The summed E-state index contributed by atoms with van der Waals surface area (Å²) in [6.45, 7) is 2.61. The third-order valence-electron chi connectivity index (χ3n) is 4.48. The highest BCUT2D eigenvalue weighted by Gasteiger charge is 2.32. The maximum atomic E-state index is 12.9. The number of carbonyl (C=O) groups excluding carboxylic acids is 1. The average molecular weight is 412 g/mol. The number of benzene rings is 2. The van der Waals surface area contributed by atoms with Gasteiger partial charge in [0.05, 0.1) is 24.8 Å². The minimum atomic E-state index is -0.0820.